The Balaban J connectivity index is 1.46. The zero-order valence-electron chi connectivity index (χ0n) is 26.3. The van der Waals surface area contributed by atoms with Crippen LogP contribution in [0.4, 0.5) is 28.9 Å². The summed E-state index contributed by atoms with van der Waals surface area (Å²) in [6, 6.07) is 17.0. The fourth-order valence-electron chi connectivity index (χ4n) is 5.87. The first-order chi connectivity index (χ1) is 22.9. The highest BCUT2D eigenvalue weighted by molar-refractivity contribution is 7.92. The molecule has 4 aromatic carbocycles. The van der Waals surface area contributed by atoms with Gasteiger partial charge in [0.2, 0.25) is 5.91 Å². The Morgan fingerprint density at radius 3 is 2.29 bits per heavy atom. The molecule has 1 heterocycles. The molecule has 48 heavy (non-hydrogen) atoms. The molecule has 0 unspecified atom stereocenters. The van der Waals surface area contributed by atoms with Crippen molar-refractivity contribution in [2.45, 2.75) is 48.0 Å². The van der Waals surface area contributed by atoms with Gasteiger partial charge < -0.3 is 20.7 Å². The van der Waals surface area contributed by atoms with Gasteiger partial charge in [0.25, 0.3) is 0 Å². The number of piperazine rings is 1. The summed E-state index contributed by atoms with van der Waals surface area (Å²) >= 11 is 0. The van der Waals surface area contributed by atoms with Gasteiger partial charge in [0, 0.05) is 48.6 Å². The van der Waals surface area contributed by atoms with Crippen LogP contribution in [0.25, 0.3) is 0 Å². The van der Waals surface area contributed by atoms with Crippen molar-refractivity contribution in [1.82, 2.24) is 10.6 Å². The lowest BCUT2D eigenvalue weighted by Gasteiger charge is -2.41. The monoisotopic (exact) mass is 684 g/mol. The number of carbonyl (C=O) groups is 1. The summed E-state index contributed by atoms with van der Waals surface area (Å²) in [6.07, 6.45) is -0.0872. The molecule has 4 N–H and O–H groups in total. The minimum absolute atomic E-state index is 0.00135. The summed E-state index contributed by atoms with van der Waals surface area (Å²) in [5.74, 6) is -3.07. The molecule has 5 rings (SSSR count). The van der Waals surface area contributed by atoms with Crippen molar-refractivity contribution in [2.75, 3.05) is 30.8 Å². The number of ether oxygens (including phenoxy) is 1. The molecular weight excluding hydrogens is 648 g/mol. The van der Waals surface area contributed by atoms with Crippen LogP contribution in [-0.4, -0.2) is 51.5 Å². The third-order valence-electron chi connectivity index (χ3n) is 8.28. The van der Waals surface area contributed by atoms with Crippen LogP contribution in [0.1, 0.15) is 24.5 Å². The molecule has 0 spiro atoms. The number of methoxy groups -OCH3 is 1. The number of carbonyl (C=O) groups excluding carboxylic acids is 1. The molecule has 1 aliphatic rings. The van der Waals surface area contributed by atoms with Crippen LogP contribution in [0.5, 0.6) is 5.75 Å². The number of halogens is 4. The van der Waals surface area contributed by atoms with Gasteiger partial charge in [-0.25, -0.2) is 26.0 Å². The van der Waals surface area contributed by atoms with Crippen molar-refractivity contribution in [2.24, 2.45) is 0 Å². The van der Waals surface area contributed by atoms with E-state index in [9.17, 15) is 26.4 Å². The van der Waals surface area contributed by atoms with Crippen molar-refractivity contribution >= 4 is 27.1 Å². The second-order valence-electron chi connectivity index (χ2n) is 11.8. The van der Waals surface area contributed by atoms with Gasteiger partial charge in [-0.15, -0.1) is 0 Å². The predicted octanol–water partition coefficient (Wildman–Crippen LogP) is 5.60. The lowest BCUT2D eigenvalue weighted by molar-refractivity contribution is -0.116. The smallest absolute Gasteiger partial charge is 0.247 e. The molecule has 1 fully saturated rings. The second-order valence-corrected chi connectivity index (χ2v) is 14.1. The van der Waals surface area contributed by atoms with Crippen LogP contribution in [0, 0.1) is 23.3 Å². The standard InChI is InChI=1S/C35H36F4N4O4S/c1-22-20-40-21-35(43-22,48(45,46)29-12-10-28(47-2)11-13-29)15-14-30-31(39)4-3-5-32(30)42-33(16-23-6-8-24(36)9-7-23)34(44)41-27-18-25(37)17-26(38)19-27/h3-13,17-19,22,33,40,42-43H,14-16,20-21H2,1-2H3,(H,41,44)/t22-,33-,35-/m0/s1. The second kappa shape index (κ2) is 14.8. The number of amides is 1. The minimum atomic E-state index is -4.03. The number of benzene rings is 4. The number of hydrogen-bond donors (Lipinski definition) is 4. The van der Waals surface area contributed by atoms with Gasteiger partial charge in [-0.2, -0.15) is 0 Å². The van der Waals surface area contributed by atoms with Gasteiger partial charge in [-0.1, -0.05) is 18.2 Å². The zero-order valence-corrected chi connectivity index (χ0v) is 27.1. The van der Waals surface area contributed by atoms with Crippen LogP contribution < -0.4 is 26.0 Å². The molecule has 3 atom stereocenters. The topological polar surface area (TPSA) is 109 Å². The van der Waals surface area contributed by atoms with E-state index in [0.717, 1.165) is 12.1 Å². The fourth-order valence-corrected chi connectivity index (χ4v) is 7.84. The summed E-state index contributed by atoms with van der Waals surface area (Å²) < 4.78 is 90.6. The maximum absolute atomic E-state index is 15.6. The van der Waals surface area contributed by atoms with Crippen LogP contribution >= 0.6 is 0 Å². The normalized spacial score (nSPS) is 18.6. The molecule has 0 saturated carbocycles. The molecule has 0 bridgehead atoms. The summed E-state index contributed by atoms with van der Waals surface area (Å²) in [5, 5.41) is 12.0. The molecule has 13 heteroatoms. The summed E-state index contributed by atoms with van der Waals surface area (Å²) in [5.41, 5.74) is 0.786. The van der Waals surface area contributed by atoms with E-state index in [2.05, 4.69) is 21.3 Å². The quantitative estimate of drug-likeness (QED) is 0.144. The lowest BCUT2D eigenvalue weighted by Crippen LogP contribution is -2.66. The SMILES string of the molecule is COc1ccc(S(=O)(=O)[C@@]2(CCc3c(F)cccc3N[C@@H](Cc3ccc(F)cc3)C(=O)Nc3cc(F)cc(F)c3)CNC[C@H](C)N2)cc1. The van der Waals surface area contributed by atoms with E-state index in [4.69, 9.17) is 4.74 Å². The van der Waals surface area contributed by atoms with Crippen molar-refractivity contribution in [3.8, 4) is 5.75 Å². The highest BCUT2D eigenvalue weighted by atomic mass is 32.2. The summed E-state index contributed by atoms with van der Waals surface area (Å²) in [6.45, 7) is 2.44. The largest absolute Gasteiger partial charge is 0.497 e. The Hall–Kier alpha value is -4.46. The van der Waals surface area contributed by atoms with Crippen LogP contribution in [0.15, 0.2) is 89.8 Å². The maximum Gasteiger partial charge on any atom is 0.247 e. The fraction of sp³-hybridized carbons (Fsp3) is 0.286. The molecule has 1 saturated heterocycles. The Labute approximate surface area is 276 Å². The Morgan fingerprint density at radius 2 is 1.65 bits per heavy atom. The van der Waals surface area contributed by atoms with E-state index >= 15 is 4.39 Å². The number of rotatable bonds is 12. The van der Waals surface area contributed by atoms with E-state index in [1.807, 2.05) is 6.92 Å². The van der Waals surface area contributed by atoms with Crippen molar-refractivity contribution in [3.63, 3.8) is 0 Å². The highest BCUT2D eigenvalue weighted by Gasteiger charge is 2.47. The average Bonchev–Trinajstić information content (AvgIpc) is 3.04. The number of anilines is 2. The van der Waals surface area contributed by atoms with Crippen molar-refractivity contribution < 1.29 is 35.5 Å². The minimum Gasteiger partial charge on any atom is -0.497 e. The molecule has 0 aliphatic carbocycles. The Morgan fingerprint density at radius 1 is 0.958 bits per heavy atom. The first-order valence-electron chi connectivity index (χ1n) is 15.3. The Bertz CT molecular complexity index is 1840. The summed E-state index contributed by atoms with van der Waals surface area (Å²) in [4.78, 5) is 12.1. The van der Waals surface area contributed by atoms with Gasteiger partial charge in [-0.3, -0.25) is 10.1 Å². The molecule has 8 nitrogen and oxygen atoms in total. The molecule has 4 aromatic rings. The molecule has 0 aromatic heterocycles. The molecule has 0 radical (unpaired) electrons. The van der Waals surface area contributed by atoms with Crippen molar-refractivity contribution in [1.29, 1.82) is 0 Å². The zero-order chi connectivity index (χ0) is 34.5. The van der Waals surface area contributed by atoms with E-state index in [1.165, 1.54) is 55.6 Å². The number of hydrogen-bond acceptors (Lipinski definition) is 7. The van der Waals surface area contributed by atoms with E-state index in [0.29, 0.717) is 23.9 Å². The van der Waals surface area contributed by atoms with E-state index < -0.39 is 49.9 Å². The summed E-state index contributed by atoms with van der Waals surface area (Å²) in [7, 11) is -2.55. The first-order valence-corrected chi connectivity index (χ1v) is 16.8. The molecule has 254 valence electrons. The molecule has 1 aliphatic heterocycles. The van der Waals surface area contributed by atoms with Gasteiger partial charge >= 0.3 is 0 Å². The first kappa shape index (κ1) is 34.9. The lowest BCUT2D eigenvalue weighted by atomic mass is 9.99. The van der Waals surface area contributed by atoms with Gasteiger partial charge in [0.15, 0.2) is 9.84 Å². The highest BCUT2D eigenvalue weighted by Crippen LogP contribution is 2.33. The van der Waals surface area contributed by atoms with Crippen LogP contribution in [0.2, 0.25) is 0 Å². The Kier molecular flexibility index (Phi) is 10.7. The maximum atomic E-state index is 15.6. The third kappa shape index (κ3) is 7.97. The van der Waals surface area contributed by atoms with E-state index in [1.54, 1.807) is 18.2 Å². The third-order valence-corrected chi connectivity index (χ3v) is 10.7. The number of sulfone groups is 1. The predicted molar refractivity (Wildman–Crippen MR) is 176 cm³/mol. The van der Waals surface area contributed by atoms with Crippen LogP contribution in [-0.2, 0) is 27.5 Å². The van der Waals surface area contributed by atoms with E-state index in [-0.39, 0.29) is 53.7 Å². The van der Waals surface area contributed by atoms with Gasteiger partial charge in [0.05, 0.1) is 12.0 Å². The molecule has 1 amide bonds. The van der Waals surface area contributed by atoms with Crippen LogP contribution in [0.3, 0.4) is 0 Å². The molecular formula is C35H36F4N4O4S. The number of nitrogens with one attached hydrogen (secondary N) is 4. The van der Waals surface area contributed by atoms with Gasteiger partial charge in [0.1, 0.15) is 39.9 Å². The average molecular weight is 685 g/mol. The van der Waals surface area contributed by atoms with Crippen molar-refractivity contribution in [3.05, 3.63) is 119 Å². The van der Waals surface area contributed by atoms with Gasteiger partial charge in [-0.05, 0) is 86.0 Å².